The molecule has 1 aliphatic heterocycles. The minimum atomic E-state index is 0.234. The molecule has 2 fully saturated rings. The molecule has 2 aromatic carbocycles. The minimum Gasteiger partial charge on any atom is -0.507 e. The maximum atomic E-state index is 10.5. The molecule has 6 nitrogen and oxygen atoms in total. The van der Waals surface area contributed by atoms with Gasteiger partial charge in [-0.05, 0) is 56.0 Å². The topological polar surface area (TPSA) is 75.9 Å². The normalized spacial score (nSPS) is 20.5. The molecule has 1 atom stereocenters. The van der Waals surface area contributed by atoms with Crippen molar-refractivity contribution in [3.05, 3.63) is 48.5 Å². The van der Waals surface area contributed by atoms with E-state index in [2.05, 4.69) is 16.5 Å². The van der Waals surface area contributed by atoms with E-state index < -0.39 is 0 Å². The quantitative estimate of drug-likeness (QED) is 0.547. The Balaban J connectivity index is 1.37. The highest BCUT2D eigenvalue weighted by Gasteiger charge is 2.46. The zero-order valence-electron chi connectivity index (χ0n) is 16.4. The second-order valence-electron chi connectivity index (χ2n) is 8.63. The van der Waals surface area contributed by atoms with Crippen molar-refractivity contribution in [1.29, 1.82) is 0 Å². The summed E-state index contributed by atoms with van der Waals surface area (Å²) < 4.78 is 1.76. The van der Waals surface area contributed by atoms with Crippen molar-refractivity contribution in [3.8, 4) is 16.9 Å². The number of aromatic hydroxyl groups is 1. The number of aromatic nitrogens is 4. The molecule has 0 radical (unpaired) electrons. The number of hydrogen-bond donors (Lipinski definition) is 2. The van der Waals surface area contributed by atoms with Crippen molar-refractivity contribution in [2.24, 2.45) is 7.05 Å². The van der Waals surface area contributed by atoms with Crippen LogP contribution in [0.2, 0.25) is 0 Å². The van der Waals surface area contributed by atoms with Crippen LogP contribution in [0.3, 0.4) is 0 Å². The molecule has 2 aliphatic rings. The summed E-state index contributed by atoms with van der Waals surface area (Å²) in [5, 5.41) is 20.6. The van der Waals surface area contributed by atoms with Crippen molar-refractivity contribution in [3.63, 3.8) is 0 Å². The molecule has 1 saturated heterocycles. The van der Waals surface area contributed by atoms with Crippen LogP contribution in [0.15, 0.2) is 42.7 Å². The Bertz CT molecular complexity index is 1260. The Hall–Kier alpha value is -2.99. The van der Waals surface area contributed by atoms with Crippen LogP contribution in [0.4, 0.5) is 0 Å². The van der Waals surface area contributed by atoms with Crippen LogP contribution in [-0.2, 0) is 7.05 Å². The van der Waals surface area contributed by atoms with Crippen molar-refractivity contribution in [2.45, 2.75) is 37.1 Å². The number of benzene rings is 2. The summed E-state index contributed by atoms with van der Waals surface area (Å²) in [5.74, 6) is 1.65. The van der Waals surface area contributed by atoms with Crippen molar-refractivity contribution in [2.75, 3.05) is 6.54 Å². The summed E-state index contributed by atoms with van der Waals surface area (Å²) in [6.07, 6.45) is 8.71. The van der Waals surface area contributed by atoms with Gasteiger partial charge in [0.1, 0.15) is 11.6 Å². The van der Waals surface area contributed by atoms with E-state index in [1.165, 1.54) is 12.8 Å². The van der Waals surface area contributed by atoms with E-state index in [4.69, 9.17) is 9.97 Å². The molecule has 1 unspecified atom stereocenters. The lowest BCUT2D eigenvalue weighted by molar-refractivity contribution is 0.338. The smallest absolute Gasteiger partial charge is 0.132 e. The highest BCUT2D eigenvalue weighted by atomic mass is 16.3. The van der Waals surface area contributed by atoms with Crippen LogP contribution in [0, 0.1) is 0 Å². The van der Waals surface area contributed by atoms with E-state index in [9.17, 15) is 5.11 Å². The molecule has 1 spiro atoms. The van der Waals surface area contributed by atoms with Gasteiger partial charge < -0.3 is 10.4 Å². The molecule has 0 amide bonds. The van der Waals surface area contributed by atoms with Gasteiger partial charge in [-0.3, -0.25) is 4.68 Å². The highest BCUT2D eigenvalue weighted by molar-refractivity contribution is 5.91. The van der Waals surface area contributed by atoms with Crippen molar-refractivity contribution < 1.29 is 5.11 Å². The van der Waals surface area contributed by atoms with E-state index in [-0.39, 0.29) is 5.75 Å². The first-order valence-corrected chi connectivity index (χ1v) is 10.3. The summed E-state index contributed by atoms with van der Waals surface area (Å²) in [5.41, 5.74) is 3.87. The lowest BCUT2D eigenvalue weighted by atomic mass is 9.90. The van der Waals surface area contributed by atoms with Crippen LogP contribution in [0.1, 0.15) is 37.4 Å². The SMILES string of the molecule is Cn1cc2cc(-c3ccc4nc(C5CCNC6(CC6)C5)ncc4c3)c(O)cc2n1. The molecule has 29 heavy (non-hydrogen) atoms. The molecule has 4 aromatic rings. The second-order valence-corrected chi connectivity index (χ2v) is 8.63. The number of phenolic OH excluding ortho intramolecular Hbond substituents is 1. The number of aryl methyl sites for hydroxylation is 1. The van der Waals surface area contributed by atoms with Gasteiger partial charge in [-0.25, -0.2) is 9.97 Å². The lowest BCUT2D eigenvalue weighted by Gasteiger charge is -2.29. The standard InChI is InChI=1S/C23H23N5O/c1-28-13-17-9-18(21(29)10-20(17)27-28)14-2-3-19-16(8-14)12-24-22(26-19)15-4-7-25-23(11-15)5-6-23/h2-3,8-10,12-13,15,25,29H,4-7,11H2,1H3. The zero-order chi connectivity index (χ0) is 19.6. The molecule has 146 valence electrons. The number of hydrogen-bond acceptors (Lipinski definition) is 5. The van der Waals surface area contributed by atoms with Gasteiger partial charge in [0.2, 0.25) is 0 Å². The molecule has 6 rings (SSSR count). The fraction of sp³-hybridized carbons (Fsp3) is 0.348. The molecule has 1 aliphatic carbocycles. The predicted octanol–water partition coefficient (Wildman–Crippen LogP) is 3.89. The fourth-order valence-corrected chi connectivity index (χ4v) is 4.74. The fourth-order valence-electron chi connectivity index (χ4n) is 4.74. The molecule has 2 aromatic heterocycles. The van der Waals surface area contributed by atoms with Gasteiger partial charge in [-0.1, -0.05) is 6.07 Å². The van der Waals surface area contributed by atoms with Gasteiger partial charge in [0.05, 0.1) is 11.0 Å². The maximum absolute atomic E-state index is 10.5. The number of rotatable bonds is 2. The van der Waals surface area contributed by atoms with E-state index in [0.29, 0.717) is 11.5 Å². The van der Waals surface area contributed by atoms with E-state index in [0.717, 1.165) is 58.1 Å². The average Bonchev–Trinajstić information content (AvgIpc) is 3.36. The Morgan fingerprint density at radius 3 is 2.90 bits per heavy atom. The summed E-state index contributed by atoms with van der Waals surface area (Å²) >= 11 is 0. The van der Waals surface area contributed by atoms with E-state index >= 15 is 0 Å². The highest BCUT2D eigenvalue weighted by Crippen LogP contribution is 2.46. The van der Waals surface area contributed by atoms with Gasteiger partial charge in [-0.2, -0.15) is 5.10 Å². The molecule has 6 heteroatoms. The first-order chi connectivity index (χ1) is 14.1. The number of nitrogens with zero attached hydrogens (tertiary/aromatic N) is 4. The number of piperidine rings is 1. The number of phenols is 1. The third-order valence-corrected chi connectivity index (χ3v) is 6.49. The van der Waals surface area contributed by atoms with Crippen molar-refractivity contribution >= 4 is 21.8 Å². The number of nitrogens with one attached hydrogen (secondary N) is 1. The van der Waals surface area contributed by atoms with Gasteiger partial charge in [0, 0.05) is 53.3 Å². The molecular weight excluding hydrogens is 362 g/mol. The predicted molar refractivity (Wildman–Crippen MR) is 113 cm³/mol. The van der Waals surface area contributed by atoms with Gasteiger partial charge in [0.25, 0.3) is 0 Å². The molecular formula is C23H23N5O. The first kappa shape index (κ1) is 16.9. The molecule has 2 N–H and O–H groups in total. The summed E-state index contributed by atoms with van der Waals surface area (Å²) in [6.45, 7) is 1.06. The third-order valence-electron chi connectivity index (χ3n) is 6.49. The third kappa shape index (κ3) is 2.86. The van der Waals surface area contributed by atoms with E-state index in [1.807, 2.05) is 37.6 Å². The monoisotopic (exact) mass is 385 g/mol. The molecule has 3 heterocycles. The van der Waals surface area contributed by atoms with Gasteiger partial charge in [0.15, 0.2) is 0 Å². The molecule has 1 saturated carbocycles. The van der Waals surface area contributed by atoms with Crippen LogP contribution in [0.5, 0.6) is 5.75 Å². The Morgan fingerprint density at radius 1 is 1.14 bits per heavy atom. The van der Waals surface area contributed by atoms with Crippen LogP contribution in [0.25, 0.3) is 32.9 Å². The van der Waals surface area contributed by atoms with E-state index in [1.54, 1.807) is 10.7 Å². The summed E-state index contributed by atoms with van der Waals surface area (Å²) in [4.78, 5) is 9.61. The second kappa shape index (κ2) is 6.00. The van der Waals surface area contributed by atoms with Gasteiger partial charge >= 0.3 is 0 Å². The minimum absolute atomic E-state index is 0.234. The maximum Gasteiger partial charge on any atom is 0.132 e. The largest absolute Gasteiger partial charge is 0.507 e. The van der Waals surface area contributed by atoms with Gasteiger partial charge in [-0.15, -0.1) is 0 Å². The Morgan fingerprint density at radius 2 is 2.03 bits per heavy atom. The number of fused-ring (bicyclic) bond motifs is 2. The van der Waals surface area contributed by atoms with Crippen LogP contribution < -0.4 is 5.32 Å². The molecule has 0 bridgehead atoms. The zero-order valence-corrected chi connectivity index (χ0v) is 16.4. The average molecular weight is 385 g/mol. The lowest BCUT2D eigenvalue weighted by Crippen LogP contribution is -2.39. The van der Waals surface area contributed by atoms with Crippen molar-refractivity contribution in [1.82, 2.24) is 25.1 Å². The Kier molecular flexibility index (Phi) is 3.50. The Labute approximate surface area is 168 Å². The van der Waals surface area contributed by atoms with Crippen LogP contribution in [-0.4, -0.2) is 36.9 Å². The summed E-state index contributed by atoms with van der Waals surface area (Å²) in [7, 11) is 1.88. The first-order valence-electron chi connectivity index (χ1n) is 10.3. The van der Waals surface area contributed by atoms with Crippen LogP contribution >= 0.6 is 0 Å². The summed E-state index contributed by atoms with van der Waals surface area (Å²) in [6, 6.07) is 9.83.